The van der Waals surface area contributed by atoms with Gasteiger partial charge in [-0.25, -0.2) is 9.78 Å². The molecule has 1 unspecified atom stereocenters. The zero-order chi connectivity index (χ0) is 17.9. The standard InChI is InChI=1S/C19H25N3O4/c23-19(24)14-4-5-16-15(13-14)20-18(17-3-1-10-26-17)22(16)7-2-6-21-8-11-25-12-9-21/h4-5,13,17H,1-3,6-12H2,(H,23,24). The summed E-state index contributed by atoms with van der Waals surface area (Å²) in [4.78, 5) is 18.4. The Hall–Kier alpha value is -1.96. The fourth-order valence-corrected chi connectivity index (χ4v) is 3.82. The van der Waals surface area contributed by atoms with Gasteiger partial charge in [0.15, 0.2) is 0 Å². The summed E-state index contributed by atoms with van der Waals surface area (Å²) in [6.45, 7) is 6.26. The Morgan fingerprint density at radius 1 is 1.23 bits per heavy atom. The molecule has 2 aliphatic heterocycles. The SMILES string of the molecule is O=C(O)c1ccc2c(c1)nc(C1CCCO1)n2CCCN1CCOCC1. The second-order valence-electron chi connectivity index (χ2n) is 6.94. The fourth-order valence-electron chi connectivity index (χ4n) is 3.82. The highest BCUT2D eigenvalue weighted by Crippen LogP contribution is 2.31. The van der Waals surface area contributed by atoms with Crippen LogP contribution in [0.1, 0.15) is 41.5 Å². The van der Waals surface area contributed by atoms with Crippen molar-refractivity contribution in [2.45, 2.75) is 31.9 Å². The van der Waals surface area contributed by atoms with E-state index in [9.17, 15) is 9.90 Å². The van der Waals surface area contributed by atoms with Gasteiger partial charge in [-0.1, -0.05) is 0 Å². The Balaban J connectivity index is 1.57. The number of fused-ring (bicyclic) bond motifs is 1. The van der Waals surface area contributed by atoms with Crippen LogP contribution in [0.15, 0.2) is 18.2 Å². The van der Waals surface area contributed by atoms with Gasteiger partial charge >= 0.3 is 5.97 Å². The lowest BCUT2D eigenvalue weighted by molar-refractivity contribution is 0.0368. The normalized spacial score (nSPS) is 21.5. The van der Waals surface area contributed by atoms with Crippen LogP contribution in [0.4, 0.5) is 0 Å². The van der Waals surface area contributed by atoms with Gasteiger partial charge in [0.2, 0.25) is 0 Å². The summed E-state index contributed by atoms with van der Waals surface area (Å²) in [5, 5.41) is 9.24. The molecule has 140 valence electrons. The van der Waals surface area contributed by atoms with Crippen LogP contribution in [0.2, 0.25) is 0 Å². The first-order valence-electron chi connectivity index (χ1n) is 9.37. The molecule has 1 aromatic heterocycles. The predicted molar refractivity (Wildman–Crippen MR) is 96.5 cm³/mol. The van der Waals surface area contributed by atoms with Crippen molar-refractivity contribution in [2.75, 3.05) is 39.5 Å². The predicted octanol–water partition coefficient (Wildman–Crippen LogP) is 2.31. The van der Waals surface area contributed by atoms with Gasteiger partial charge < -0.3 is 19.1 Å². The van der Waals surface area contributed by atoms with Crippen LogP contribution >= 0.6 is 0 Å². The highest BCUT2D eigenvalue weighted by Gasteiger charge is 2.25. The first kappa shape index (κ1) is 17.5. The van der Waals surface area contributed by atoms with E-state index in [0.29, 0.717) is 0 Å². The van der Waals surface area contributed by atoms with Crippen molar-refractivity contribution in [1.29, 1.82) is 0 Å². The Labute approximate surface area is 152 Å². The molecule has 2 saturated heterocycles. The summed E-state index contributed by atoms with van der Waals surface area (Å²) < 4.78 is 13.5. The maximum Gasteiger partial charge on any atom is 0.335 e. The van der Waals surface area contributed by atoms with Crippen molar-refractivity contribution in [3.63, 3.8) is 0 Å². The molecule has 0 saturated carbocycles. The van der Waals surface area contributed by atoms with E-state index in [4.69, 9.17) is 14.5 Å². The van der Waals surface area contributed by atoms with E-state index in [0.717, 1.165) is 82.1 Å². The van der Waals surface area contributed by atoms with Crippen molar-refractivity contribution in [1.82, 2.24) is 14.5 Å². The number of carboxylic acid groups (broad SMARTS) is 1. The first-order valence-corrected chi connectivity index (χ1v) is 9.37. The molecule has 3 heterocycles. The monoisotopic (exact) mass is 359 g/mol. The highest BCUT2D eigenvalue weighted by atomic mass is 16.5. The van der Waals surface area contributed by atoms with E-state index in [-0.39, 0.29) is 11.7 Å². The summed E-state index contributed by atoms with van der Waals surface area (Å²) in [5.41, 5.74) is 2.00. The number of ether oxygens (including phenoxy) is 2. The summed E-state index contributed by atoms with van der Waals surface area (Å²) in [7, 11) is 0. The lowest BCUT2D eigenvalue weighted by Crippen LogP contribution is -2.37. The minimum atomic E-state index is -0.924. The maximum absolute atomic E-state index is 11.3. The Morgan fingerprint density at radius 2 is 2.08 bits per heavy atom. The third-order valence-electron chi connectivity index (χ3n) is 5.20. The van der Waals surface area contributed by atoms with Crippen molar-refractivity contribution >= 4 is 17.0 Å². The molecule has 1 aromatic carbocycles. The Kier molecular flexibility index (Phi) is 5.19. The van der Waals surface area contributed by atoms with E-state index in [1.165, 1.54) is 0 Å². The summed E-state index contributed by atoms with van der Waals surface area (Å²) >= 11 is 0. The number of aromatic carboxylic acids is 1. The lowest BCUT2D eigenvalue weighted by atomic mass is 10.2. The molecule has 26 heavy (non-hydrogen) atoms. The smallest absolute Gasteiger partial charge is 0.335 e. The van der Waals surface area contributed by atoms with Crippen molar-refractivity contribution in [3.05, 3.63) is 29.6 Å². The second-order valence-corrected chi connectivity index (χ2v) is 6.94. The van der Waals surface area contributed by atoms with Gasteiger partial charge in [-0.15, -0.1) is 0 Å². The summed E-state index contributed by atoms with van der Waals surface area (Å²) in [6, 6.07) is 5.19. The van der Waals surface area contributed by atoms with Crippen LogP contribution in [0.3, 0.4) is 0 Å². The zero-order valence-electron chi connectivity index (χ0n) is 14.9. The van der Waals surface area contributed by atoms with Crippen LogP contribution in [-0.4, -0.2) is 65.0 Å². The molecular weight excluding hydrogens is 334 g/mol. The van der Waals surface area contributed by atoms with Crippen LogP contribution in [0.25, 0.3) is 11.0 Å². The number of nitrogens with zero attached hydrogens (tertiary/aromatic N) is 3. The van der Waals surface area contributed by atoms with Crippen LogP contribution in [0, 0.1) is 0 Å². The van der Waals surface area contributed by atoms with Gasteiger partial charge in [0.05, 0.1) is 29.8 Å². The number of aromatic nitrogens is 2. The molecule has 4 rings (SSSR count). The number of morpholine rings is 1. The van der Waals surface area contributed by atoms with Gasteiger partial charge in [-0.3, -0.25) is 4.90 Å². The molecular formula is C19H25N3O4. The minimum absolute atomic E-state index is 0.0130. The quantitative estimate of drug-likeness (QED) is 0.853. The third-order valence-corrected chi connectivity index (χ3v) is 5.20. The Bertz CT molecular complexity index is 776. The van der Waals surface area contributed by atoms with Crippen molar-refractivity contribution in [3.8, 4) is 0 Å². The highest BCUT2D eigenvalue weighted by molar-refractivity contribution is 5.92. The molecule has 7 heteroatoms. The van der Waals surface area contributed by atoms with E-state index in [2.05, 4.69) is 9.47 Å². The molecule has 0 radical (unpaired) electrons. The largest absolute Gasteiger partial charge is 0.478 e. The molecule has 7 nitrogen and oxygen atoms in total. The van der Waals surface area contributed by atoms with Gasteiger partial charge in [0.1, 0.15) is 11.9 Å². The first-order chi connectivity index (χ1) is 12.7. The van der Waals surface area contributed by atoms with E-state index in [1.807, 2.05) is 6.07 Å². The fraction of sp³-hybridized carbons (Fsp3) is 0.579. The molecule has 1 N–H and O–H groups in total. The number of hydrogen-bond acceptors (Lipinski definition) is 5. The summed E-state index contributed by atoms with van der Waals surface area (Å²) in [6.07, 6.45) is 3.05. The van der Waals surface area contributed by atoms with Gasteiger partial charge in [-0.2, -0.15) is 0 Å². The van der Waals surface area contributed by atoms with Crippen LogP contribution < -0.4 is 0 Å². The average Bonchev–Trinajstić information content (AvgIpc) is 3.30. The van der Waals surface area contributed by atoms with Crippen molar-refractivity contribution < 1.29 is 19.4 Å². The third kappa shape index (κ3) is 3.60. The zero-order valence-corrected chi connectivity index (χ0v) is 14.9. The Morgan fingerprint density at radius 3 is 2.81 bits per heavy atom. The number of carboxylic acids is 1. The number of imidazole rings is 1. The molecule has 0 aliphatic carbocycles. The maximum atomic E-state index is 11.3. The van der Waals surface area contributed by atoms with Crippen molar-refractivity contribution in [2.24, 2.45) is 0 Å². The molecule has 2 aromatic rings. The van der Waals surface area contributed by atoms with Gasteiger partial charge in [0, 0.05) is 32.8 Å². The molecule has 0 amide bonds. The topological polar surface area (TPSA) is 76.8 Å². The number of carbonyl (C=O) groups is 1. The van der Waals surface area contributed by atoms with E-state index < -0.39 is 5.97 Å². The number of benzene rings is 1. The second kappa shape index (κ2) is 7.73. The van der Waals surface area contributed by atoms with E-state index >= 15 is 0 Å². The van der Waals surface area contributed by atoms with Gasteiger partial charge in [0.25, 0.3) is 0 Å². The molecule has 0 spiro atoms. The summed E-state index contributed by atoms with van der Waals surface area (Å²) in [5.74, 6) is 0.00875. The van der Waals surface area contributed by atoms with Gasteiger partial charge in [-0.05, 0) is 37.5 Å². The van der Waals surface area contributed by atoms with Crippen LogP contribution in [0.5, 0.6) is 0 Å². The van der Waals surface area contributed by atoms with E-state index in [1.54, 1.807) is 12.1 Å². The lowest BCUT2D eigenvalue weighted by Gasteiger charge is -2.26. The molecule has 0 bridgehead atoms. The molecule has 2 aliphatic rings. The number of hydrogen-bond donors (Lipinski definition) is 1. The minimum Gasteiger partial charge on any atom is -0.478 e. The molecule has 2 fully saturated rings. The average molecular weight is 359 g/mol. The van der Waals surface area contributed by atoms with Crippen LogP contribution in [-0.2, 0) is 16.0 Å². The number of rotatable bonds is 6. The molecule has 1 atom stereocenters. The number of aryl methyl sites for hydroxylation is 1.